The number of aromatic nitrogens is 2. The van der Waals surface area contributed by atoms with Crippen LogP contribution in [0.15, 0.2) is 73.1 Å². The predicted octanol–water partition coefficient (Wildman–Crippen LogP) is 6.88. The van der Waals surface area contributed by atoms with Gasteiger partial charge >= 0.3 is 5.97 Å². The Kier molecular flexibility index (Phi) is 7.88. The highest BCUT2D eigenvalue weighted by Crippen LogP contribution is 2.30. The van der Waals surface area contributed by atoms with Crippen LogP contribution in [0.25, 0.3) is 20.2 Å². The average Bonchev–Trinajstić information content (AvgIpc) is 3.68. The molecule has 0 aliphatic rings. The highest BCUT2D eigenvalue weighted by molar-refractivity contribution is 7.22. The van der Waals surface area contributed by atoms with Gasteiger partial charge in [-0.05, 0) is 96.4 Å². The molecule has 6 rings (SSSR count). The maximum Gasteiger partial charge on any atom is 0.345 e. The van der Waals surface area contributed by atoms with E-state index in [0.717, 1.165) is 42.0 Å². The van der Waals surface area contributed by atoms with Crippen LogP contribution in [0.2, 0.25) is 0 Å². The number of nitrogens with zero attached hydrogens (tertiary/aromatic N) is 2. The number of thiophene rings is 2. The number of amides is 2. The summed E-state index contributed by atoms with van der Waals surface area (Å²) in [7, 11) is 3.69. The minimum atomic E-state index is -0.939. The van der Waals surface area contributed by atoms with Crippen LogP contribution in [-0.4, -0.2) is 32.0 Å². The van der Waals surface area contributed by atoms with Crippen LogP contribution in [-0.2, 0) is 14.1 Å². The number of aryl methyl sites for hydroxylation is 4. The van der Waals surface area contributed by atoms with Crippen LogP contribution in [0, 0.1) is 13.8 Å². The number of hydrogen-bond acceptors (Lipinski definition) is 6. The van der Waals surface area contributed by atoms with Crippen molar-refractivity contribution in [1.82, 2.24) is 9.13 Å². The first-order valence-corrected chi connectivity index (χ1v) is 14.5. The molecule has 0 aliphatic carbocycles. The molecule has 9 nitrogen and oxygen atoms in total. The Morgan fingerprint density at radius 2 is 1.19 bits per heavy atom. The number of hydrogen-bond donors (Lipinski definition) is 4. The lowest BCUT2D eigenvalue weighted by Crippen LogP contribution is -2.15. The maximum atomic E-state index is 12.3. The third kappa shape index (κ3) is 6.22. The number of benzene rings is 2. The molecule has 2 aromatic carbocycles. The van der Waals surface area contributed by atoms with E-state index < -0.39 is 5.97 Å². The summed E-state index contributed by atoms with van der Waals surface area (Å²) in [5.74, 6) is -1.24. The molecule has 6 aromatic rings. The third-order valence-electron chi connectivity index (χ3n) is 6.53. The van der Waals surface area contributed by atoms with E-state index in [1.54, 1.807) is 34.1 Å². The number of aromatic carboxylic acids is 1. The van der Waals surface area contributed by atoms with Gasteiger partial charge < -0.3 is 30.6 Å². The largest absolute Gasteiger partial charge is 0.477 e. The van der Waals surface area contributed by atoms with Crippen LogP contribution in [0.3, 0.4) is 0 Å². The lowest BCUT2D eigenvalue weighted by Gasteiger charge is -2.06. The Balaban J connectivity index is 0.000000169. The number of carboxylic acid groups (broad SMARTS) is 1. The van der Waals surface area contributed by atoms with E-state index in [-0.39, 0.29) is 16.7 Å². The van der Waals surface area contributed by atoms with Gasteiger partial charge in [0, 0.05) is 47.3 Å². The summed E-state index contributed by atoms with van der Waals surface area (Å²) in [4.78, 5) is 35.8. The average molecular weight is 600 g/mol. The molecule has 42 heavy (non-hydrogen) atoms. The maximum absolute atomic E-state index is 12.3. The molecule has 0 saturated heterocycles. The second kappa shape index (κ2) is 11.6. The molecule has 4 aromatic heterocycles. The van der Waals surface area contributed by atoms with Crippen LogP contribution in [0.5, 0.6) is 0 Å². The first kappa shape index (κ1) is 28.7. The lowest BCUT2D eigenvalue weighted by molar-refractivity contribution is 0.0701. The molecule has 0 bridgehead atoms. The van der Waals surface area contributed by atoms with E-state index in [1.807, 2.05) is 87.4 Å². The minimum Gasteiger partial charge on any atom is -0.477 e. The van der Waals surface area contributed by atoms with Crippen molar-refractivity contribution >= 4 is 77.0 Å². The van der Waals surface area contributed by atoms with Gasteiger partial charge in [-0.15, -0.1) is 22.7 Å². The molecule has 0 spiro atoms. The number of nitrogens with one attached hydrogen (secondary N) is 2. The van der Waals surface area contributed by atoms with Gasteiger partial charge in [-0.25, -0.2) is 4.79 Å². The summed E-state index contributed by atoms with van der Waals surface area (Å²) >= 11 is 2.76. The van der Waals surface area contributed by atoms with Crippen molar-refractivity contribution in [1.29, 1.82) is 0 Å². The SMILES string of the molecule is Cc1cc(C(=O)Nc2ccc3sc(C(=O)O)cc3c2)n(C)c1.Cc1cc(C(=O)Nc2ccc3sc(N)cc3c2)n(C)c1. The molecule has 0 atom stereocenters. The molecule has 0 aliphatic heterocycles. The van der Waals surface area contributed by atoms with Gasteiger partial charge in [-0.2, -0.15) is 0 Å². The molecule has 214 valence electrons. The molecule has 0 unspecified atom stereocenters. The number of nitrogen functional groups attached to an aromatic ring is 1. The van der Waals surface area contributed by atoms with Crippen LogP contribution < -0.4 is 16.4 Å². The van der Waals surface area contributed by atoms with Crippen molar-refractivity contribution in [3.63, 3.8) is 0 Å². The quantitative estimate of drug-likeness (QED) is 0.172. The fourth-order valence-corrected chi connectivity index (χ4v) is 6.36. The van der Waals surface area contributed by atoms with Crippen molar-refractivity contribution in [2.75, 3.05) is 16.4 Å². The molecule has 0 radical (unpaired) electrons. The number of fused-ring (bicyclic) bond motifs is 2. The predicted molar refractivity (Wildman–Crippen MR) is 171 cm³/mol. The van der Waals surface area contributed by atoms with E-state index in [0.29, 0.717) is 17.1 Å². The first-order chi connectivity index (χ1) is 20.0. The molecule has 11 heteroatoms. The van der Waals surface area contributed by atoms with Gasteiger partial charge in [0.2, 0.25) is 0 Å². The zero-order valence-electron chi connectivity index (χ0n) is 23.4. The Hall–Kier alpha value is -4.87. The lowest BCUT2D eigenvalue weighted by atomic mass is 10.2. The van der Waals surface area contributed by atoms with Crippen LogP contribution in [0.4, 0.5) is 16.4 Å². The van der Waals surface area contributed by atoms with E-state index in [1.165, 1.54) is 11.3 Å². The van der Waals surface area contributed by atoms with Crippen molar-refractivity contribution in [3.8, 4) is 0 Å². The van der Waals surface area contributed by atoms with Crippen molar-refractivity contribution < 1.29 is 19.5 Å². The fourth-order valence-electron chi connectivity index (χ4n) is 4.67. The molecule has 0 fully saturated rings. The van der Waals surface area contributed by atoms with Gasteiger partial charge in [-0.3, -0.25) is 9.59 Å². The van der Waals surface area contributed by atoms with E-state index >= 15 is 0 Å². The van der Waals surface area contributed by atoms with E-state index in [2.05, 4.69) is 10.6 Å². The second-order valence-corrected chi connectivity index (χ2v) is 12.2. The van der Waals surface area contributed by atoms with Crippen molar-refractivity contribution in [2.24, 2.45) is 14.1 Å². The van der Waals surface area contributed by atoms with Gasteiger partial charge in [0.1, 0.15) is 16.3 Å². The minimum absolute atomic E-state index is 0.108. The smallest absolute Gasteiger partial charge is 0.345 e. The number of carbonyl (C=O) groups is 3. The summed E-state index contributed by atoms with van der Waals surface area (Å²) in [6, 6.07) is 18.4. The van der Waals surface area contributed by atoms with Gasteiger partial charge in [0.25, 0.3) is 11.8 Å². The number of nitrogens with two attached hydrogens (primary N) is 1. The Morgan fingerprint density at radius 3 is 1.64 bits per heavy atom. The molecule has 2 amide bonds. The van der Waals surface area contributed by atoms with Gasteiger partial charge in [-0.1, -0.05) is 0 Å². The summed E-state index contributed by atoms with van der Waals surface area (Å²) in [5.41, 5.74) is 10.5. The molecular weight excluding hydrogens is 571 g/mol. The van der Waals surface area contributed by atoms with Gasteiger partial charge in [0.15, 0.2) is 0 Å². The normalized spacial score (nSPS) is 10.9. The monoisotopic (exact) mass is 599 g/mol. The van der Waals surface area contributed by atoms with Crippen LogP contribution >= 0.6 is 22.7 Å². The highest BCUT2D eigenvalue weighted by atomic mass is 32.1. The number of anilines is 3. The topological polar surface area (TPSA) is 131 Å². The molecule has 0 saturated carbocycles. The number of carboxylic acids is 1. The van der Waals surface area contributed by atoms with E-state index in [4.69, 9.17) is 10.8 Å². The summed E-state index contributed by atoms with van der Waals surface area (Å²) in [5, 5.41) is 17.4. The summed E-state index contributed by atoms with van der Waals surface area (Å²) in [6.07, 6.45) is 3.81. The van der Waals surface area contributed by atoms with Crippen molar-refractivity contribution in [3.05, 3.63) is 100 Å². The molecular formula is C31H29N5O4S2. The van der Waals surface area contributed by atoms with Crippen molar-refractivity contribution in [2.45, 2.75) is 13.8 Å². The molecule has 5 N–H and O–H groups in total. The van der Waals surface area contributed by atoms with Crippen LogP contribution in [0.1, 0.15) is 41.8 Å². The third-order valence-corrected chi connectivity index (χ3v) is 8.58. The van der Waals surface area contributed by atoms with E-state index in [9.17, 15) is 14.4 Å². The molecule has 4 heterocycles. The Morgan fingerprint density at radius 1 is 0.714 bits per heavy atom. The highest BCUT2D eigenvalue weighted by Gasteiger charge is 2.13. The fraction of sp³-hybridized carbons (Fsp3) is 0.129. The zero-order chi connectivity index (χ0) is 30.1. The second-order valence-electron chi connectivity index (χ2n) is 10.0. The zero-order valence-corrected chi connectivity index (χ0v) is 25.0. The summed E-state index contributed by atoms with van der Waals surface area (Å²) < 4.78 is 5.60. The van der Waals surface area contributed by atoms with Gasteiger partial charge in [0.05, 0.1) is 5.00 Å². The summed E-state index contributed by atoms with van der Waals surface area (Å²) in [6.45, 7) is 3.90. The standard InChI is InChI=1S/C16H14N2O3S.C15H15N3OS/c1-9-5-12(18(2)8-9)15(19)17-11-3-4-13-10(6-11)7-14(22-13)16(20)21;1-9-5-12(18(2)8-9)15(19)17-11-3-4-13-10(6-11)7-14(16)20-13/h3-8H,1-2H3,(H,17,19)(H,20,21);3-8H,16H2,1-2H3,(H,17,19). The first-order valence-electron chi connectivity index (χ1n) is 12.9. The number of rotatable bonds is 5. The Labute approximate surface area is 249 Å². The Bertz CT molecular complexity index is 1980. The number of carbonyl (C=O) groups excluding carboxylic acids is 2.